The Morgan fingerprint density at radius 3 is 2.82 bits per heavy atom. The van der Waals surface area contributed by atoms with Gasteiger partial charge in [0.1, 0.15) is 11.5 Å². The van der Waals surface area contributed by atoms with Gasteiger partial charge < -0.3 is 10.2 Å². The molecule has 0 unspecified atom stereocenters. The number of amides is 1. The molecule has 2 heterocycles. The predicted molar refractivity (Wildman–Crippen MR) is 65.1 cm³/mol. The van der Waals surface area contributed by atoms with Crippen molar-refractivity contribution in [2.75, 3.05) is 24.3 Å². The van der Waals surface area contributed by atoms with E-state index in [0.717, 1.165) is 5.69 Å². The molecule has 1 amide bonds. The van der Waals surface area contributed by atoms with Crippen LogP contribution in [0.25, 0.3) is 0 Å². The van der Waals surface area contributed by atoms with Crippen molar-refractivity contribution in [3.63, 3.8) is 0 Å². The summed E-state index contributed by atoms with van der Waals surface area (Å²) in [6.07, 6.45) is 3.18. The number of anilines is 2. The van der Waals surface area contributed by atoms with Crippen molar-refractivity contribution in [1.29, 1.82) is 0 Å². The first-order valence-corrected chi connectivity index (χ1v) is 5.11. The van der Waals surface area contributed by atoms with Crippen molar-refractivity contribution in [2.45, 2.75) is 0 Å². The summed E-state index contributed by atoms with van der Waals surface area (Å²) in [5.41, 5.74) is 1.38. The minimum atomic E-state index is -0.258. The largest absolute Gasteiger partial charge is 0.378 e. The Balaban J connectivity index is 2.14. The monoisotopic (exact) mass is 231 g/mol. The fourth-order valence-corrected chi connectivity index (χ4v) is 1.33. The number of aromatic nitrogens is 3. The molecule has 2 aromatic rings. The van der Waals surface area contributed by atoms with Crippen LogP contribution >= 0.6 is 0 Å². The molecule has 17 heavy (non-hydrogen) atoms. The minimum Gasteiger partial charge on any atom is -0.378 e. The first-order chi connectivity index (χ1) is 8.16. The zero-order chi connectivity index (χ0) is 12.3. The molecule has 2 rings (SSSR count). The maximum atomic E-state index is 11.7. The summed E-state index contributed by atoms with van der Waals surface area (Å²) in [4.78, 5) is 17.7. The average Bonchev–Trinajstić information content (AvgIpc) is 2.82. The number of hydrogen-bond donors (Lipinski definition) is 2. The van der Waals surface area contributed by atoms with Gasteiger partial charge in [-0.3, -0.25) is 9.89 Å². The molecule has 2 aromatic heterocycles. The molecule has 0 atom stereocenters. The van der Waals surface area contributed by atoms with Gasteiger partial charge >= 0.3 is 0 Å². The maximum absolute atomic E-state index is 11.7. The van der Waals surface area contributed by atoms with E-state index in [1.807, 2.05) is 25.1 Å². The Hall–Kier alpha value is -2.37. The Morgan fingerprint density at radius 2 is 2.18 bits per heavy atom. The minimum absolute atomic E-state index is 0.258. The number of rotatable bonds is 3. The van der Waals surface area contributed by atoms with Gasteiger partial charge in [-0.15, -0.1) is 0 Å². The van der Waals surface area contributed by atoms with Crippen LogP contribution in [0.2, 0.25) is 0 Å². The lowest BCUT2D eigenvalue weighted by atomic mass is 10.3. The van der Waals surface area contributed by atoms with E-state index in [4.69, 9.17) is 0 Å². The molecule has 0 spiro atoms. The molecule has 0 aromatic carbocycles. The van der Waals surface area contributed by atoms with E-state index in [9.17, 15) is 4.79 Å². The molecule has 0 saturated heterocycles. The number of aromatic amines is 1. The number of hydrogen-bond acceptors (Lipinski definition) is 4. The molecule has 0 aliphatic heterocycles. The Morgan fingerprint density at radius 1 is 1.35 bits per heavy atom. The van der Waals surface area contributed by atoms with Gasteiger partial charge in [0.25, 0.3) is 5.91 Å². The second-order valence-electron chi connectivity index (χ2n) is 3.72. The Labute approximate surface area is 98.7 Å². The molecule has 0 radical (unpaired) electrons. The Bertz CT molecular complexity index is 506. The van der Waals surface area contributed by atoms with Gasteiger partial charge in [-0.2, -0.15) is 5.10 Å². The van der Waals surface area contributed by atoms with Crippen LogP contribution in [0.1, 0.15) is 10.5 Å². The van der Waals surface area contributed by atoms with Gasteiger partial charge in [-0.05, 0) is 12.1 Å². The SMILES string of the molecule is CN(C)c1ccnc(NC(=O)c2ccn[nH]2)c1. The van der Waals surface area contributed by atoms with Gasteiger partial charge in [-0.1, -0.05) is 0 Å². The number of H-pyrrole nitrogens is 1. The third-order valence-electron chi connectivity index (χ3n) is 2.25. The number of carbonyl (C=O) groups is 1. The molecule has 6 heteroatoms. The molecular weight excluding hydrogens is 218 g/mol. The van der Waals surface area contributed by atoms with E-state index < -0.39 is 0 Å². The highest BCUT2D eigenvalue weighted by Gasteiger charge is 2.08. The number of pyridine rings is 1. The van der Waals surface area contributed by atoms with Crippen LogP contribution in [-0.2, 0) is 0 Å². The topological polar surface area (TPSA) is 73.9 Å². The van der Waals surface area contributed by atoms with Crippen LogP contribution in [0.3, 0.4) is 0 Å². The van der Waals surface area contributed by atoms with Crippen molar-refractivity contribution in [3.05, 3.63) is 36.3 Å². The van der Waals surface area contributed by atoms with E-state index in [2.05, 4.69) is 20.5 Å². The number of nitrogens with zero attached hydrogens (tertiary/aromatic N) is 3. The highest BCUT2D eigenvalue weighted by Crippen LogP contribution is 2.14. The summed E-state index contributed by atoms with van der Waals surface area (Å²) in [5, 5.41) is 9.00. The third-order valence-corrected chi connectivity index (χ3v) is 2.25. The van der Waals surface area contributed by atoms with Crippen LogP contribution < -0.4 is 10.2 Å². The summed E-state index contributed by atoms with van der Waals surface area (Å²) in [5.74, 6) is 0.252. The van der Waals surface area contributed by atoms with Crippen LogP contribution in [-0.4, -0.2) is 35.2 Å². The second-order valence-corrected chi connectivity index (χ2v) is 3.72. The van der Waals surface area contributed by atoms with E-state index >= 15 is 0 Å². The lowest BCUT2D eigenvalue weighted by molar-refractivity contribution is 0.102. The van der Waals surface area contributed by atoms with Crippen LogP contribution in [0.5, 0.6) is 0 Å². The van der Waals surface area contributed by atoms with E-state index in [-0.39, 0.29) is 5.91 Å². The van der Waals surface area contributed by atoms with Crippen molar-refractivity contribution in [3.8, 4) is 0 Å². The first kappa shape index (κ1) is 11.1. The fraction of sp³-hybridized carbons (Fsp3) is 0.182. The fourth-order valence-electron chi connectivity index (χ4n) is 1.33. The zero-order valence-electron chi connectivity index (χ0n) is 9.64. The Kier molecular flexibility index (Phi) is 3.04. The lowest BCUT2D eigenvalue weighted by Gasteiger charge is -2.13. The van der Waals surface area contributed by atoms with Gasteiger partial charge in [0, 0.05) is 38.2 Å². The summed E-state index contributed by atoms with van der Waals surface area (Å²) in [7, 11) is 3.85. The third kappa shape index (κ3) is 2.60. The van der Waals surface area contributed by atoms with Crippen LogP contribution in [0.4, 0.5) is 11.5 Å². The van der Waals surface area contributed by atoms with Crippen molar-refractivity contribution in [1.82, 2.24) is 15.2 Å². The highest BCUT2D eigenvalue weighted by atomic mass is 16.2. The van der Waals surface area contributed by atoms with Crippen LogP contribution in [0.15, 0.2) is 30.6 Å². The second kappa shape index (κ2) is 4.65. The van der Waals surface area contributed by atoms with E-state index in [1.165, 1.54) is 6.20 Å². The van der Waals surface area contributed by atoms with E-state index in [1.54, 1.807) is 18.3 Å². The van der Waals surface area contributed by atoms with Gasteiger partial charge in [0.15, 0.2) is 0 Å². The molecule has 6 nitrogen and oxygen atoms in total. The van der Waals surface area contributed by atoms with Gasteiger partial charge in [-0.25, -0.2) is 4.98 Å². The predicted octanol–water partition coefficient (Wildman–Crippen LogP) is 1.12. The average molecular weight is 231 g/mol. The normalized spacial score (nSPS) is 10.0. The molecular formula is C11H13N5O. The summed E-state index contributed by atoms with van der Waals surface area (Å²) in [6, 6.07) is 5.27. The smallest absolute Gasteiger partial charge is 0.274 e. The summed E-state index contributed by atoms with van der Waals surface area (Å²) >= 11 is 0. The summed E-state index contributed by atoms with van der Waals surface area (Å²) in [6.45, 7) is 0. The van der Waals surface area contributed by atoms with E-state index in [0.29, 0.717) is 11.5 Å². The lowest BCUT2D eigenvalue weighted by Crippen LogP contribution is -2.14. The first-order valence-electron chi connectivity index (χ1n) is 5.11. The molecule has 0 aliphatic carbocycles. The standard InChI is InChI=1S/C11H13N5O/c1-16(2)8-3-5-12-10(7-8)14-11(17)9-4-6-13-15-9/h3-7H,1-2H3,(H,13,15)(H,12,14,17). The van der Waals surface area contributed by atoms with Crippen LogP contribution in [0, 0.1) is 0 Å². The molecule has 0 bridgehead atoms. The molecule has 0 saturated carbocycles. The van der Waals surface area contributed by atoms with Gasteiger partial charge in [0.2, 0.25) is 0 Å². The quantitative estimate of drug-likeness (QED) is 0.830. The van der Waals surface area contributed by atoms with Crippen molar-refractivity contribution >= 4 is 17.4 Å². The zero-order valence-corrected chi connectivity index (χ0v) is 9.64. The highest BCUT2D eigenvalue weighted by molar-refractivity contribution is 6.02. The number of nitrogens with one attached hydrogen (secondary N) is 2. The van der Waals surface area contributed by atoms with Crippen molar-refractivity contribution < 1.29 is 4.79 Å². The summed E-state index contributed by atoms with van der Waals surface area (Å²) < 4.78 is 0. The molecule has 0 fully saturated rings. The van der Waals surface area contributed by atoms with Crippen molar-refractivity contribution in [2.24, 2.45) is 0 Å². The molecule has 0 aliphatic rings. The molecule has 88 valence electrons. The number of carbonyl (C=O) groups excluding carboxylic acids is 1. The van der Waals surface area contributed by atoms with Gasteiger partial charge in [0.05, 0.1) is 0 Å². The molecule has 2 N–H and O–H groups in total. The maximum Gasteiger partial charge on any atom is 0.274 e.